The molecule has 0 aliphatic heterocycles. The van der Waals surface area contributed by atoms with E-state index in [1.54, 1.807) is 35.4 Å². The number of hydrogen-bond acceptors (Lipinski definition) is 5. The van der Waals surface area contributed by atoms with Crippen LogP contribution in [0, 0.1) is 6.92 Å². The van der Waals surface area contributed by atoms with E-state index < -0.39 is 0 Å². The number of amides is 1. The molecule has 0 spiro atoms. The molecule has 2 heterocycles. The molecule has 2 rings (SSSR count). The minimum absolute atomic E-state index is 0.0116. The van der Waals surface area contributed by atoms with Gasteiger partial charge in [-0.15, -0.1) is 11.3 Å². The maximum atomic E-state index is 12.2. The van der Waals surface area contributed by atoms with E-state index in [2.05, 4.69) is 4.98 Å². The average molecular weight is 308 g/mol. The number of carbonyl (C=O) groups is 1. The van der Waals surface area contributed by atoms with Crippen LogP contribution in [0.25, 0.3) is 0 Å². The maximum absolute atomic E-state index is 12.2. The predicted molar refractivity (Wildman–Crippen MR) is 81.4 cm³/mol. The van der Waals surface area contributed by atoms with E-state index in [1.807, 2.05) is 26.2 Å². The Morgan fingerprint density at radius 1 is 1.52 bits per heavy atom. The summed E-state index contributed by atoms with van der Waals surface area (Å²) in [6.07, 6.45) is -0.0116. The molecule has 6 heteroatoms. The van der Waals surface area contributed by atoms with Gasteiger partial charge >= 0.3 is 0 Å². The number of nitrogens with zero attached hydrogens (tertiary/aromatic N) is 2. The Bertz CT molecular complexity index is 606. The Hall–Kier alpha value is -1.66. The number of carbonyl (C=O) groups excluding carboxylic acids is 1. The maximum Gasteiger partial charge on any atom is 0.289 e. The Morgan fingerprint density at radius 3 is 2.90 bits per heavy atom. The van der Waals surface area contributed by atoms with Crippen molar-refractivity contribution in [2.75, 3.05) is 13.7 Å². The molecule has 0 aliphatic rings. The monoisotopic (exact) mass is 308 g/mol. The van der Waals surface area contributed by atoms with Crippen molar-refractivity contribution in [2.24, 2.45) is 0 Å². The fraction of sp³-hybridized carbons (Fsp3) is 0.467. The van der Waals surface area contributed by atoms with Gasteiger partial charge in [-0.25, -0.2) is 4.98 Å². The standard InChI is InChI=1S/C15H20N2O3S/c1-5-19-11(3)14-16-12(9-21-14)8-17(4)15(18)13-7-6-10(2)20-13/h6-7,9,11H,5,8H2,1-4H3. The summed E-state index contributed by atoms with van der Waals surface area (Å²) >= 11 is 1.55. The summed E-state index contributed by atoms with van der Waals surface area (Å²) in [4.78, 5) is 18.3. The molecule has 0 aliphatic carbocycles. The first-order valence-corrected chi connectivity index (χ1v) is 7.77. The molecular formula is C15H20N2O3S. The van der Waals surface area contributed by atoms with Crippen LogP contribution in [0.1, 0.15) is 47.0 Å². The number of rotatable bonds is 6. The first kappa shape index (κ1) is 15.7. The highest BCUT2D eigenvalue weighted by atomic mass is 32.1. The molecule has 1 amide bonds. The van der Waals surface area contributed by atoms with Crippen LogP contribution in [-0.2, 0) is 11.3 Å². The van der Waals surface area contributed by atoms with Crippen molar-refractivity contribution in [1.82, 2.24) is 9.88 Å². The predicted octanol–water partition coefficient (Wildman–Crippen LogP) is 3.41. The van der Waals surface area contributed by atoms with Gasteiger partial charge in [0.15, 0.2) is 5.76 Å². The number of aryl methyl sites for hydroxylation is 1. The minimum Gasteiger partial charge on any atom is -0.456 e. The van der Waals surface area contributed by atoms with Crippen LogP contribution in [0.2, 0.25) is 0 Å². The van der Waals surface area contributed by atoms with Crippen LogP contribution in [0.15, 0.2) is 21.9 Å². The molecule has 0 saturated carbocycles. The number of thiazole rings is 1. The smallest absolute Gasteiger partial charge is 0.289 e. The van der Waals surface area contributed by atoms with E-state index in [4.69, 9.17) is 9.15 Å². The van der Waals surface area contributed by atoms with Gasteiger partial charge in [0.05, 0.1) is 12.2 Å². The third-order valence-corrected chi connectivity index (χ3v) is 4.09. The Labute approximate surface area is 128 Å². The molecule has 0 fully saturated rings. The molecule has 5 nitrogen and oxygen atoms in total. The second kappa shape index (κ2) is 6.87. The van der Waals surface area contributed by atoms with Crippen molar-refractivity contribution in [1.29, 1.82) is 0 Å². The van der Waals surface area contributed by atoms with Gasteiger partial charge in [0.2, 0.25) is 0 Å². The van der Waals surface area contributed by atoms with Crippen LogP contribution < -0.4 is 0 Å². The normalized spacial score (nSPS) is 12.4. The molecule has 1 atom stereocenters. The van der Waals surface area contributed by atoms with Gasteiger partial charge in [0, 0.05) is 19.0 Å². The fourth-order valence-corrected chi connectivity index (χ4v) is 2.77. The Morgan fingerprint density at radius 2 is 2.29 bits per heavy atom. The molecule has 0 radical (unpaired) electrons. The second-order valence-corrected chi connectivity index (χ2v) is 5.74. The van der Waals surface area contributed by atoms with E-state index in [-0.39, 0.29) is 12.0 Å². The largest absolute Gasteiger partial charge is 0.456 e. The lowest BCUT2D eigenvalue weighted by atomic mass is 10.3. The van der Waals surface area contributed by atoms with Gasteiger partial charge in [0.25, 0.3) is 5.91 Å². The lowest BCUT2D eigenvalue weighted by molar-refractivity contribution is 0.0742. The average Bonchev–Trinajstić information content (AvgIpc) is 3.07. The quantitative estimate of drug-likeness (QED) is 0.820. The summed E-state index contributed by atoms with van der Waals surface area (Å²) < 4.78 is 10.9. The highest BCUT2D eigenvalue weighted by Crippen LogP contribution is 2.22. The van der Waals surface area contributed by atoms with Crippen LogP contribution in [-0.4, -0.2) is 29.4 Å². The zero-order valence-corrected chi connectivity index (χ0v) is 13.6. The van der Waals surface area contributed by atoms with Gasteiger partial charge in [-0.05, 0) is 32.9 Å². The number of hydrogen-bond donors (Lipinski definition) is 0. The van der Waals surface area contributed by atoms with E-state index >= 15 is 0 Å². The second-order valence-electron chi connectivity index (χ2n) is 4.85. The summed E-state index contributed by atoms with van der Waals surface area (Å²) in [6.45, 7) is 6.87. The minimum atomic E-state index is -0.143. The van der Waals surface area contributed by atoms with Crippen molar-refractivity contribution < 1.29 is 13.9 Å². The summed E-state index contributed by atoms with van der Waals surface area (Å²) in [7, 11) is 1.74. The zero-order chi connectivity index (χ0) is 15.4. The van der Waals surface area contributed by atoms with Gasteiger partial charge < -0.3 is 14.1 Å². The van der Waals surface area contributed by atoms with E-state index in [1.165, 1.54) is 0 Å². The first-order valence-electron chi connectivity index (χ1n) is 6.89. The molecule has 0 bridgehead atoms. The molecule has 2 aromatic heterocycles. The highest BCUT2D eigenvalue weighted by molar-refractivity contribution is 7.09. The van der Waals surface area contributed by atoms with E-state index in [0.717, 1.165) is 16.5 Å². The number of ether oxygens (including phenoxy) is 1. The summed E-state index contributed by atoms with van der Waals surface area (Å²) in [6, 6.07) is 3.48. The van der Waals surface area contributed by atoms with Crippen LogP contribution in [0.3, 0.4) is 0 Å². The third kappa shape index (κ3) is 3.92. The van der Waals surface area contributed by atoms with Crippen molar-refractivity contribution in [3.05, 3.63) is 39.7 Å². The van der Waals surface area contributed by atoms with Gasteiger partial charge in [-0.2, -0.15) is 0 Å². The van der Waals surface area contributed by atoms with Crippen molar-refractivity contribution in [2.45, 2.75) is 33.4 Å². The van der Waals surface area contributed by atoms with Crippen molar-refractivity contribution in [3.63, 3.8) is 0 Å². The third-order valence-electron chi connectivity index (χ3n) is 3.03. The highest BCUT2D eigenvalue weighted by Gasteiger charge is 2.17. The number of furan rings is 1. The molecule has 0 saturated heterocycles. The van der Waals surface area contributed by atoms with Crippen molar-refractivity contribution >= 4 is 17.2 Å². The molecular weight excluding hydrogens is 288 g/mol. The van der Waals surface area contributed by atoms with E-state index in [9.17, 15) is 4.79 Å². The molecule has 0 aromatic carbocycles. The molecule has 21 heavy (non-hydrogen) atoms. The lowest BCUT2D eigenvalue weighted by Crippen LogP contribution is -2.26. The molecule has 114 valence electrons. The van der Waals surface area contributed by atoms with Crippen LogP contribution in [0.4, 0.5) is 0 Å². The fourth-order valence-electron chi connectivity index (χ4n) is 1.96. The molecule has 2 aromatic rings. The zero-order valence-electron chi connectivity index (χ0n) is 12.8. The summed E-state index contributed by atoms with van der Waals surface area (Å²) in [5, 5.41) is 2.89. The van der Waals surface area contributed by atoms with Gasteiger partial charge in [-0.3, -0.25) is 4.79 Å². The van der Waals surface area contributed by atoms with Crippen molar-refractivity contribution in [3.8, 4) is 0 Å². The van der Waals surface area contributed by atoms with Gasteiger partial charge in [-0.1, -0.05) is 0 Å². The summed E-state index contributed by atoms with van der Waals surface area (Å²) in [5.41, 5.74) is 0.862. The Balaban J connectivity index is 1.99. The number of aromatic nitrogens is 1. The van der Waals surface area contributed by atoms with Gasteiger partial charge in [0.1, 0.15) is 16.9 Å². The molecule has 0 N–H and O–H groups in total. The lowest BCUT2D eigenvalue weighted by Gasteiger charge is -2.14. The Kier molecular flexibility index (Phi) is 5.14. The molecule has 1 unspecified atom stereocenters. The van der Waals surface area contributed by atoms with E-state index in [0.29, 0.717) is 18.9 Å². The van der Waals surface area contributed by atoms with Crippen LogP contribution >= 0.6 is 11.3 Å². The first-order chi connectivity index (χ1) is 10.0. The SMILES string of the molecule is CCOC(C)c1nc(CN(C)C(=O)c2ccc(C)o2)cs1. The topological polar surface area (TPSA) is 55.6 Å². The van der Waals surface area contributed by atoms with Crippen LogP contribution in [0.5, 0.6) is 0 Å². The summed E-state index contributed by atoms with van der Waals surface area (Å²) in [5.74, 6) is 0.942.